The summed E-state index contributed by atoms with van der Waals surface area (Å²) in [5, 5.41) is 0. The third-order valence-corrected chi connectivity index (χ3v) is 2.50. The van der Waals surface area contributed by atoms with Gasteiger partial charge in [-0.3, -0.25) is 0 Å². The fraction of sp³-hybridized carbons (Fsp3) is 0.800. The standard InChI is InChI=1S/C10H18O/c1-3-5-9(4-2)10-6-7-11-8-10/h4,9-10H,2-3,5-8H2,1H3. The highest BCUT2D eigenvalue weighted by Gasteiger charge is 2.22. The van der Waals surface area contributed by atoms with Gasteiger partial charge < -0.3 is 4.74 Å². The molecule has 1 fully saturated rings. The van der Waals surface area contributed by atoms with E-state index in [1.54, 1.807) is 0 Å². The number of ether oxygens (including phenoxy) is 1. The van der Waals surface area contributed by atoms with Gasteiger partial charge >= 0.3 is 0 Å². The Morgan fingerprint density at radius 1 is 1.73 bits per heavy atom. The maximum absolute atomic E-state index is 5.34. The molecule has 1 heterocycles. The van der Waals surface area contributed by atoms with Gasteiger partial charge in [0.25, 0.3) is 0 Å². The van der Waals surface area contributed by atoms with Gasteiger partial charge in [0.15, 0.2) is 0 Å². The van der Waals surface area contributed by atoms with Gasteiger partial charge in [0, 0.05) is 6.61 Å². The smallest absolute Gasteiger partial charge is 0.0500 e. The van der Waals surface area contributed by atoms with Crippen LogP contribution in [0.4, 0.5) is 0 Å². The zero-order chi connectivity index (χ0) is 8.10. The third kappa shape index (κ3) is 2.33. The van der Waals surface area contributed by atoms with Crippen molar-refractivity contribution in [1.29, 1.82) is 0 Å². The lowest BCUT2D eigenvalue weighted by atomic mass is 9.88. The molecular formula is C10H18O. The molecule has 1 saturated heterocycles. The van der Waals surface area contributed by atoms with Crippen LogP contribution < -0.4 is 0 Å². The van der Waals surface area contributed by atoms with Crippen LogP contribution in [0.5, 0.6) is 0 Å². The predicted octanol–water partition coefficient (Wildman–Crippen LogP) is 2.63. The van der Waals surface area contributed by atoms with Crippen molar-refractivity contribution >= 4 is 0 Å². The molecule has 0 radical (unpaired) electrons. The lowest BCUT2D eigenvalue weighted by Crippen LogP contribution is -2.11. The molecule has 1 heteroatoms. The summed E-state index contributed by atoms with van der Waals surface area (Å²) in [6, 6.07) is 0. The first kappa shape index (κ1) is 8.79. The van der Waals surface area contributed by atoms with Crippen LogP contribution in [0.15, 0.2) is 12.7 Å². The van der Waals surface area contributed by atoms with Gasteiger partial charge in [-0.1, -0.05) is 19.4 Å². The summed E-state index contributed by atoms with van der Waals surface area (Å²) in [4.78, 5) is 0. The van der Waals surface area contributed by atoms with Crippen LogP contribution in [0.2, 0.25) is 0 Å². The molecule has 0 saturated carbocycles. The molecule has 2 atom stereocenters. The topological polar surface area (TPSA) is 9.23 Å². The Balaban J connectivity index is 2.33. The summed E-state index contributed by atoms with van der Waals surface area (Å²) in [6.45, 7) is 8.01. The minimum Gasteiger partial charge on any atom is -0.381 e. The summed E-state index contributed by atoms with van der Waals surface area (Å²) in [7, 11) is 0. The molecule has 0 N–H and O–H groups in total. The molecule has 0 aliphatic carbocycles. The second-order valence-electron chi connectivity index (χ2n) is 3.31. The van der Waals surface area contributed by atoms with E-state index in [0.29, 0.717) is 5.92 Å². The maximum atomic E-state index is 5.34. The zero-order valence-corrected chi connectivity index (χ0v) is 7.38. The molecule has 1 aliphatic heterocycles. The molecule has 64 valence electrons. The van der Waals surface area contributed by atoms with E-state index in [0.717, 1.165) is 19.1 Å². The second kappa shape index (κ2) is 4.55. The maximum Gasteiger partial charge on any atom is 0.0500 e. The van der Waals surface area contributed by atoms with E-state index in [-0.39, 0.29) is 0 Å². The van der Waals surface area contributed by atoms with Crippen molar-refractivity contribution in [2.24, 2.45) is 11.8 Å². The van der Waals surface area contributed by atoms with E-state index in [4.69, 9.17) is 4.74 Å². The Kier molecular flexibility index (Phi) is 3.64. The first-order chi connectivity index (χ1) is 5.38. The molecule has 0 aromatic heterocycles. The highest BCUT2D eigenvalue weighted by atomic mass is 16.5. The summed E-state index contributed by atoms with van der Waals surface area (Å²) in [5.74, 6) is 1.45. The monoisotopic (exact) mass is 154 g/mol. The SMILES string of the molecule is C=CC(CCC)C1CCOC1. The summed E-state index contributed by atoms with van der Waals surface area (Å²) < 4.78 is 5.34. The van der Waals surface area contributed by atoms with Crippen LogP contribution in [0.3, 0.4) is 0 Å². The first-order valence-electron chi connectivity index (χ1n) is 4.58. The molecule has 1 nitrogen and oxygen atoms in total. The molecule has 2 unspecified atom stereocenters. The largest absolute Gasteiger partial charge is 0.381 e. The average molecular weight is 154 g/mol. The Hall–Kier alpha value is -0.300. The van der Waals surface area contributed by atoms with Crippen LogP contribution >= 0.6 is 0 Å². The van der Waals surface area contributed by atoms with E-state index in [1.165, 1.54) is 19.3 Å². The third-order valence-electron chi connectivity index (χ3n) is 2.50. The molecule has 0 spiro atoms. The van der Waals surface area contributed by atoms with Gasteiger partial charge in [0.05, 0.1) is 6.61 Å². The molecule has 1 aliphatic rings. The fourth-order valence-corrected chi connectivity index (χ4v) is 1.77. The van der Waals surface area contributed by atoms with E-state index >= 15 is 0 Å². The van der Waals surface area contributed by atoms with Gasteiger partial charge in [-0.2, -0.15) is 0 Å². The highest BCUT2D eigenvalue weighted by Crippen LogP contribution is 2.26. The first-order valence-corrected chi connectivity index (χ1v) is 4.58. The average Bonchev–Trinajstić information content (AvgIpc) is 2.52. The minimum atomic E-state index is 0.697. The predicted molar refractivity (Wildman–Crippen MR) is 47.5 cm³/mol. The van der Waals surface area contributed by atoms with Crippen molar-refractivity contribution in [2.75, 3.05) is 13.2 Å². The molecule has 0 amide bonds. The summed E-state index contributed by atoms with van der Waals surface area (Å²) in [5.41, 5.74) is 0. The number of hydrogen-bond donors (Lipinski definition) is 0. The Labute approximate surface area is 69.4 Å². The summed E-state index contributed by atoms with van der Waals surface area (Å²) in [6.07, 6.45) is 5.87. The molecule has 11 heavy (non-hydrogen) atoms. The molecule has 1 rings (SSSR count). The quantitative estimate of drug-likeness (QED) is 0.566. The van der Waals surface area contributed by atoms with Crippen LogP contribution in [0.25, 0.3) is 0 Å². The van der Waals surface area contributed by atoms with E-state index in [1.807, 2.05) is 0 Å². The van der Waals surface area contributed by atoms with Crippen molar-refractivity contribution in [2.45, 2.75) is 26.2 Å². The summed E-state index contributed by atoms with van der Waals surface area (Å²) >= 11 is 0. The zero-order valence-electron chi connectivity index (χ0n) is 7.38. The normalized spacial score (nSPS) is 26.8. The lowest BCUT2D eigenvalue weighted by molar-refractivity contribution is 0.176. The second-order valence-corrected chi connectivity index (χ2v) is 3.31. The number of rotatable bonds is 4. The van der Waals surface area contributed by atoms with Crippen molar-refractivity contribution in [1.82, 2.24) is 0 Å². The van der Waals surface area contributed by atoms with Gasteiger partial charge in [-0.15, -0.1) is 6.58 Å². The lowest BCUT2D eigenvalue weighted by Gasteiger charge is -2.16. The van der Waals surface area contributed by atoms with Crippen LogP contribution in [-0.2, 0) is 4.74 Å². The van der Waals surface area contributed by atoms with Crippen molar-refractivity contribution in [3.05, 3.63) is 12.7 Å². The van der Waals surface area contributed by atoms with Gasteiger partial charge in [0.2, 0.25) is 0 Å². The van der Waals surface area contributed by atoms with E-state index in [9.17, 15) is 0 Å². The van der Waals surface area contributed by atoms with Crippen molar-refractivity contribution in [3.63, 3.8) is 0 Å². The van der Waals surface area contributed by atoms with Gasteiger partial charge in [-0.05, 0) is 24.7 Å². The highest BCUT2D eigenvalue weighted by molar-refractivity contribution is 4.85. The fourth-order valence-electron chi connectivity index (χ4n) is 1.77. The van der Waals surface area contributed by atoms with Gasteiger partial charge in [-0.25, -0.2) is 0 Å². The van der Waals surface area contributed by atoms with E-state index < -0.39 is 0 Å². The minimum absolute atomic E-state index is 0.697. The molecular weight excluding hydrogens is 136 g/mol. The molecule has 0 aromatic rings. The number of allylic oxidation sites excluding steroid dienone is 1. The van der Waals surface area contributed by atoms with Crippen LogP contribution in [-0.4, -0.2) is 13.2 Å². The van der Waals surface area contributed by atoms with Crippen molar-refractivity contribution in [3.8, 4) is 0 Å². The Bertz CT molecular complexity index is 114. The Morgan fingerprint density at radius 2 is 2.55 bits per heavy atom. The van der Waals surface area contributed by atoms with Crippen molar-refractivity contribution < 1.29 is 4.74 Å². The van der Waals surface area contributed by atoms with Crippen LogP contribution in [0, 0.1) is 11.8 Å². The van der Waals surface area contributed by atoms with E-state index in [2.05, 4.69) is 19.6 Å². The van der Waals surface area contributed by atoms with Crippen LogP contribution in [0.1, 0.15) is 26.2 Å². The Morgan fingerprint density at radius 3 is 3.00 bits per heavy atom. The number of hydrogen-bond acceptors (Lipinski definition) is 1. The van der Waals surface area contributed by atoms with Gasteiger partial charge in [0.1, 0.15) is 0 Å². The molecule has 0 aromatic carbocycles. The molecule has 0 bridgehead atoms.